The molecule has 0 unspecified atom stereocenters. The maximum Gasteiger partial charge on any atom is 0.416 e. The van der Waals surface area contributed by atoms with Crippen molar-refractivity contribution in [3.8, 4) is 0 Å². The average Bonchev–Trinajstić information content (AvgIpc) is 2.40. The topological polar surface area (TPSA) is 26.0 Å². The molecule has 0 aliphatic heterocycles. The number of halogens is 4. The van der Waals surface area contributed by atoms with E-state index in [1.54, 1.807) is 12.1 Å². The lowest BCUT2D eigenvalue weighted by Gasteiger charge is -2.13. The van der Waals surface area contributed by atoms with Crippen molar-refractivity contribution in [3.05, 3.63) is 58.6 Å². The van der Waals surface area contributed by atoms with Gasteiger partial charge in [-0.2, -0.15) is 13.2 Å². The molecule has 20 heavy (non-hydrogen) atoms. The zero-order chi connectivity index (χ0) is 14.8. The molecule has 106 valence electrons. The molecule has 0 saturated carbocycles. The van der Waals surface area contributed by atoms with Crippen molar-refractivity contribution in [2.24, 2.45) is 5.73 Å². The summed E-state index contributed by atoms with van der Waals surface area (Å²) in [6, 6.07) is 11.1. The van der Waals surface area contributed by atoms with E-state index in [0.717, 1.165) is 11.0 Å². The van der Waals surface area contributed by atoms with Crippen LogP contribution in [0, 0.1) is 0 Å². The Kier molecular flexibility index (Phi) is 4.62. The van der Waals surface area contributed by atoms with Crippen molar-refractivity contribution in [2.75, 3.05) is 0 Å². The normalized spacial score (nSPS) is 11.7. The van der Waals surface area contributed by atoms with Crippen LogP contribution in [0.5, 0.6) is 0 Å². The molecule has 0 spiro atoms. The van der Waals surface area contributed by atoms with E-state index in [4.69, 9.17) is 17.3 Å². The van der Waals surface area contributed by atoms with Gasteiger partial charge in [0.2, 0.25) is 0 Å². The van der Waals surface area contributed by atoms with Crippen LogP contribution in [0.15, 0.2) is 52.3 Å². The zero-order valence-electron chi connectivity index (χ0n) is 10.2. The SMILES string of the molecule is NCc1cc(Sc2ccccc2Cl)ccc1C(F)(F)F. The number of benzene rings is 2. The molecule has 0 bridgehead atoms. The van der Waals surface area contributed by atoms with E-state index in [1.807, 2.05) is 12.1 Å². The fourth-order valence-corrected chi connectivity index (χ4v) is 2.89. The molecule has 0 heterocycles. The highest BCUT2D eigenvalue weighted by Gasteiger charge is 2.32. The molecule has 0 aliphatic rings. The van der Waals surface area contributed by atoms with Crippen molar-refractivity contribution in [3.63, 3.8) is 0 Å². The Labute approximate surface area is 123 Å². The van der Waals surface area contributed by atoms with Crippen LogP contribution >= 0.6 is 23.4 Å². The molecule has 0 fully saturated rings. The lowest BCUT2D eigenvalue weighted by Crippen LogP contribution is -2.11. The maximum atomic E-state index is 12.8. The second kappa shape index (κ2) is 6.08. The van der Waals surface area contributed by atoms with Crippen LogP contribution in [0.3, 0.4) is 0 Å². The highest BCUT2D eigenvalue weighted by molar-refractivity contribution is 7.99. The molecule has 0 aromatic heterocycles. The fourth-order valence-electron chi connectivity index (χ4n) is 1.73. The molecular formula is C14H11ClF3NS. The number of alkyl halides is 3. The lowest BCUT2D eigenvalue weighted by molar-refractivity contribution is -0.138. The summed E-state index contributed by atoms with van der Waals surface area (Å²) in [6.07, 6.45) is -4.39. The second-order valence-electron chi connectivity index (χ2n) is 4.05. The Bertz CT molecular complexity index is 614. The third-order valence-electron chi connectivity index (χ3n) is 2.67. The molecule has 0 atom stereocenters. The number of rotatable bonds is 3. The molecular weight excluding hydrogens is 307 g/mol. The Morgan fingerprint density at radius 1 is 1.10 bits per heavy atom. The Morgan fingerprint density at radius 2 is 1.80 bits per heavy atom. The molecule has 2 N–H and O–H groups in total. The molecule has 0 saturated heterocycles. The van der Waals surface area contributed by atoms with E-state index < -0.39 is 11.7 Å². The fraction of sp³-hybridized carbons (Fsp3) is 0.143. The van der Waals surface area contributed by atoms with Gasteiger partial charge in [-0.1, -0.05) is 35.5 Å². The summed E-state index contributed by atoms with van der Waals surface area (Å²) in [5, 5.41) is 0.562. The van der Waals surface area contributed by atoms with Crippen molar-refractivity contribution in [1.29, 1.82) is 0 Å². The average molecular weight is 318 g/mol. The van der Waals surface area contributed by atoms with Crippen LogP contribution in [0.2, 0.25) is 5.02 Å². The zero-order valence-corrected chi connectivity index (χ0v) is 11.8. The van der Waals surface area contributed by atoms with Crippen LogP contribution < -0.4 is 5.73 Å². The van der Waals surface area contributed by atoms with Gasteiger partial charge >= 0.3 is 6.18 Å². The predicted molar refractivity (Wildman–Crippen MR) is 74.9 cm³/mol. The van der Waals surface area contributed by atoms with Gasteiger partial charge in [0.1, 0.15) is 0 Å². The molecule has 1 nitrogen and oxygen atoms in total. The molecule has 0 radical (unpaired) electrons. The third-order valence-corrected chi connectivity index (χ3v) is 4.17. The Hall–Kier alpha value is -1.17. The predicted octanol–water partition coefficient (Wildman–Crippen LogP) is 4.97. The van der Waals surface area contributed by atoms with Gasteiger partial charge in [0.25, 0.3) is 0 Å². The summed E-state index contributed by atoms with van der Waals surface area (Å²) < 4.78 is 38.3. The van der Waals surface area contributed by atoms with Gasteiger partial charge in [-0.25, -0.2) is 0 Å². The molecule has 6 heteroatoms. The maximum absolute atomic E-state index is 12.8. The van der Waals surface area contributed by atoms with Crippen molar-refractivity contribution >= 4 is 23.4 Å². The van der Waals surface area contributed by atoms with Gasteiger partial charge in [-0.3, -0.25) is 0 Å². The first-order chi connectivity index (χ1) is 9.41. The van der Waals surface area contributed by atoms with E-state index >= 15 is 0 Å². The van der Waals surface area contributed by atoms with Gasteiger partial charge in [-0.05, 0) is 35.9 Å². The molecule has 2 aromatic carbocycles. The summed E-state index contributed by atoms with van der Waals surface area (Å²) in [5.41, 5.74) is 4.79. The Balaban J connectivity index is 2.33. The highest BCUT2D eigenvalue weighted by Crippen LogP contribution is 2.37. The van der Waals surface area contributed by atoms with Crippen LogP contribution in [0.4, 0.5) is 13.2 Å². The van der Waals surface area contributed by atoms with Crippen molar-refractivity contribution in [2.45, 2.75) is 22.5 Å². The summed E-state index contributed by atoms with van der Waals surface area (Å²) >= 11 is 7.33. The first-order valence-corrected chi connectivity index (χ1v) is 6.94. The van der Waals surface area contributed by atoms with E-state index in [0.29, 0.717) is 9.92 Å². The summed E-state index contributed by atoms with van der Waals surface area (Å²) in [4.78, 5) is 1.46. The first kappa shape index (κ1) is 15.2. The van der Waals surface area contributed by atoms with Crippen LogP contribution in [0.1, 0.15) is 11.1 Å². The molecule has 2 rings (SSSR count). The summed E-state index contributed by atoms with van der Waals surface area (Å²) in [7, 11) is 0. The standard InChI is InChI=1S/C14H11ClF3NS/c15-12-3-1-2-4-13(12)20-10-5-6-11(14(16,17)18)9(7-10)8-19/h1-7H,8,19H2. The van der Waals surface area contributed by atoms with Crippen LogP contribution in [-0.4, -0.2) is 0 Å². The van der Waals surface area contributed by atoms with Crippen LogP contribution in [0.25, 0.3) is 0 Å². The van der Waals surface area contributed by atoms with Crippen molar-refractivity contribution in [1.82, 2.24) is 0 Å². The first-order valence-electron chi connectivity index (χ1n) is 5.74. The van der Waals surface area contributed by atoms with Gasteiger partial charge in [0.15, 0.2) is 0 Å². The Morgan fingerprint density at radius 3 is 2.40 bits per heavy atom. The second-order valence-corrected chi connectivity index (χ2v) is 5.58. The number of hydrogen-bond acceptors (Lipinski definition) is 2. The van der Waals surface area contributed by atoms with Gasteiger partial charge in [0, 0.05) is 16.3 Å². The van der Waals surface area contributed by atoms with E-state index in [-0.39, 0.29) is 12.1 Å². The minimum atomic E-state index is -4.39. The quantitative estimate of drug-likeness (QED) is 0.865. The minimum Gasteiger partial charge on any atom is -0.326 e. The van der Waals surface area contributed by atoms with E-state index in [1.165, 1.54) is 23.9 Å². The summed E-state index contributed by atoms with van der Waals surface area (Å²) in [6.45, 7) is -0.161. The largest absolute Gasteiger partial charge is 0.416 e. The number of nitrogens with two attached hydrogens (primary N) is 1. The smallest absolute Gasteiger partial charge is 0.326 e. The lowest BCUT2D eigenvalue weighted by atomic mass is 10.1. The van der Waals surface area contributed by atoms with Gasteiger partial charge in [0.05, 0.1) is 10.6 Å². The van der Waals surface area contributed by atoms with Crippen molar-refractivity contribution < 1.29 is 13.2 Å². The van der Waals surface area contributed by atoms with Gasteiger partial charge < -0.3 is 5.73 Å². The summed E-state index contributed by atoms with van der Waals surface area (Å²) in [5.74, 6) is 0. The molecule has 0 amide bonds. The van der Waals surface area contributed by atoms with E-state index in [9.17, 15) is 13.2 Å². The molecule has 2 aromatic rings. The van der Waals surface area contributed by atoms with E-state index in [2.05, 4.69) is 0 Å². The molecule has 0 aliphatic carbocycles. The monoisotopic (exact) mass is 317 g/mol. The third kappa shape index (κ3) is 3.48. The minimum absolute atomic E-state index is 0.0783. The van der Waals surface area contributed by atoms with Crippen LogP contribution in [-0.2, 0) is 12.7 Å². The highest BCUT2D eigenvalue weighted by atomic mass is 35.5. The van der Waals surface area contributed by atoms with Gasteiger partial charge in [-0.15, -0.1) is 0 Å². The number of hydrogen-bond donors (Lipinski definition) is 1.